The van der Waals surface area contributed by atoms with Crippen molar-refractivity contribution in [2.45, 2.75) is 96.3 Å². The summed E-state index contributed by atoms with van der Waals surface area (Å²) in [6.45, 7) is 5.78. The first-order chi connectivity index (χ1) is 9.29. The highest BCUT2D eigenvalue weighted by Crippen LogP contribution is 2.29. The van der Waals surface area contributed by atoms with Gasteiger partial charge in [-0.1, -0.05) is 46.0 Å². The normalized spacial score (nSPS) is 36.9. The van der Waals surface area contributed by atoms with Gasteiger partial charge in [0, 0.05) is 6.04 Å². The van der Waals surface area contributed by atoms with Crippen LogP contribution in [0.2, 0.25) is 0 Å². The molecule has 19 heavy (non-hydrogen) atoms. The number of hydrogen-bond donors (Lipinski definition) is 1. The Morgan fingerprint density at radius 2 is 1.84 bits per heavy atom. The lowest BCUT2D eigenvalue weighted by atomic mass is 9.88. The summed E-state index contributed by atoms with van der Waals surface area (Å²) >= 11 is 0. The van der Waals surface area contributed by atoms with Crippen LogP contribution in [0.5, 0.6) is 0 Å². The Hall–Kier alpha value is -0.0800. The van der Waals surface area contributed by atoms with Crippen LogP contribution in [0.25, 0.3) is 0 Å². The predicted octanol–water partition coefficient (Wildman–Crippen LogP) is 4.28. The average Bonchev–Trinajstić information content (AvgIpc) is 2.62. The third kappa shape index (κ3) is 5.07. The quantitative estimate of drug-likeness (QED) is 0.751. The summed E-state index contributed by atoms with van der Waals surface area (Å²) in [5.41, 5.74) is 0. The smallest absolute Gasteiger partial charge is 0.0731 e. The molecule has 0 amide bonds. The van der Waals surface area contributed by atoms with E-state index >= 15 is 0 Å². The fourth-order valence-electron chi connectivity index (χ4n) is 3.75. The van der Waals surface area contributed by atoms with Crippen molar-refractivity contribution in [2.24, 2.45) is 5.92 Å². The van der Waals surface area contributed by atoms with E-state index in [1.165, 1.54) is 64.2 Å². The molecule has 2 heteroatoms. The highest BCUT2D eigenvalue weighted by molar-refractivity contribution is 4.82. The van der Waals surface area contributed by atoms with Crippen LogP contribution in [-0.4, -0.2) is 24.8 Å². The number of ether oxygens (including phenoxy) is 1. The average molecular weight is 267 g/mol. The van der Waals surface area contributed by atoms with E-state index in [-0.39, 0.29) is 0 Å². The van der Waals surface area contributed by atoms with Crippen molar-refractivity contribution < 1.29 is 4.74 Å². The van der Waals surface area contributed by atoms with Gasteiger partial charge < -0.3 is 10.1 Å². The maximum absolute atomic E-state index is 6.53. The molecule has 0 heterocycles. The van der Waals surface area contributed by atoms with Crippen LogP contribution in [0.15, 0.2) is 0 Å². The van der Waals surface area contributed by atoms with Crippen LogP contribution in [0.1, 0.15) is 78.1 Å². The molecule has 0 bridgehead atoms. The molecule has 2 fully saturated rings. The molecule has 2 aliphatic rings. The van der Waals surface area contributed by atoms with Gasteiger partial charge in [-0.15, -0.1) is 0 Å². The Balaban J connectivity index is 1.85. The van der Waals surface area contributed by atoms with Crippen LogP contribution >= 0.6 is 0 Å². The van der Waals surface area contributed by atoms with E-state index in [9.17, 15) is 0 Å². The Labute approximate surface area is 119 Å². The first-order valence-corrected chi connectivity index (χ1v) is 8.68. The van der Waals surface area contributed by atoms with E-state index in [1.54, 1.807) is 0 Å². The zero-order chi connectivity index (χ0) is 13.5. The van der Waals surface area contributed by atoms with E-state index in [0.717, 1.165) is 12.5 Å². The zero-order valence-corrected chi connectivity index (χ0v) is 13.0. The monoisotopic (exact) mass is 267 g/mol. The van der Waals surface area contributed by atoms with E-state index in [0.29, 0.717) is 18.2 Å². The maximum atomic E-state index is 6.53. The molecule has 0 spiro atoms. The molecule has 0 aromatic carbocycles. The molecule has 2 rings (SSSR count). The molecule has 2 nitrogen and oxygen atoms in total. The summed E-state index contributed by atoms with van der Waals surface area (Å²) in [7, 11) is 0. The second-order valence-electron chi connectivity index (χ2n) is 6.77. The Morgan fingerprint density at radius 1 is 1.00 bits per heavy atom. The highest BCUT2D eigenvalue weighted by Gasteiger charge is 2.28. The van der Waals surface area contributed by atoms with Crippen molar-refractivity contribution >= 4 is 0 Å². The van der Waals surface area contributed by atoms with Gasteiger partial charge >= 0.3 is 0 Å². The first-order valence-electron chi connectivity index (χ1n) is 8.68. The molecule has 0 aromatic rings. The van der Waals surface area contributed by atoms with Gasteiger partial charge in [-0.2, -0.15) is 0 Å². The first kappa shape index (κ1) is 15.3. The van der Waals surface area contributed by atoms with Gasteiger partial charge in [0.1, 0.15) is 0 Å². The van der Waals surface area contributed by atoms with Crippen LogP contribution in [0, 0.1) is 5.92 Å². The van der Waals surface area contributed by atoms with Crippen molar-refractivity contribution in [1.82, 2.24) is 5.32 Å². The lowest BCUT2D eigenvalue weighted by Gasteiger charge is -2.34. The largest absolute Gasteiger partial charge is 0.373 e. The van der Waals surface area contributed by atoms with E-state index in [1.807, 2.05) is 0 Å². The Kier molecular flexibility index (Phi) is 6.66. The fraction of sp³-hybridized carbons (Fsp3) is 1.00. The third-order valence-corrected chi connectivity index (χ3v) is 4.86. The predicted molar refractivity (Wildman–Crippen MR) is 81.5 cm³/mol. The summed E-state index contributed by atoms with van der Waals surface area (Å²) in [6, 6.07) is 0.611. The lowest BCUT2D eigenvalue weighted by molar-refractivity contribution is -0.0569. The van der Waals surface area contributed by atoms with Gasteiger partial charge in [0.2, 0.25) is 0 Å². The van der Waals surface area contributed by atoms with Crippen LogP contribution in [0.3, 0.4) is 0 Å². The second kappa shape index (κ2) is 8.26. The Morgan fingerprint density at radius 3 is 2.63 bits per heavy atom. The van der Waals surface area contributed by atoms with Gasteiger partial charge in [-0.3, -0.25) is 0 Å². The molecule has 112 valence electrons. The van der Waals surface area contributed by atoms with Gasteiger partial charge in [-0.25, -0.2) is 0 Å². The molecular formula is C17H33NO. The van der Waals surface area contributed by atoms with Crippen molar-refractivity contribution in [3.8, 4) is 0 Å². The molecular weight excluding hydrogens is 234 g/mol. The summed E-state index contributed by atoms with van der Waals surface area (Å²) in [4.78, 5) is 0. The molecule has 0 radical (unpaired) electrons. The fourth-order valence-corrected chi connectivity index (χ4v) is 3.75. The number of nitrogens with one attached hydrogen (secondary N) is 1. The SMILES string of the molecule is CCCNC1CCCCCC1OC1CCCC(C)C1. The minimum Gasteiger partial charge on any atom is -0.373 e. The highest BCUT2D eigenvalue weighted by atomic mass is 16.5. The van der Waals surface area contributed by atoms with Crippen molar-refractivity contribution in [1.29, 1.82) is 0 Å². The maximum Gasteiger partial charge on any atom is 0.0731 e. The van der Waals surface area contributed by atoms with Crippen molar-refractivity contribution in [3.05, 3.63) is 0 Å². The standard InChI is InChI=1S/C17H33NO/c1-3-12-18-16-10-5-4-6-11-17(16)19-15-9-7-8-14(2)13-15/h14-18H,3-13H2,1-2H3. The molecule has 0 aliphatic heterocycles. The summed E-state index contributed by atoms with van der Waals surface area (Å²) in [5.74, 6) is 0.867. The van der Waals surface area contributed by atoms with Gasteiger partial charge in [0.15, 0.2) is 0 Å². The molecule has 2 saturated carbocycles. The number of hydrogen-bond acceptors (Lipinski definition) is 2. The second-order valence-corrected chi connectivity index (χ2v) is 6.77. The van der Waals surface area contributed by atoms with Crippen LogP contribution in [0.4, 0.5) is 0 Å². The molecule has 1 N–H and O–H groups in total. The van der Waals surface area contributed by atoms with Gasteiger partial charge in [0.05, 0.1) is 12.2 Å². The summed E-state index contributed by atoms with van der Waals surface area (Å²) in [5, 5.41) is 3.74. The van der Waals surface area contributed by atoms with Gasteiger partial charge in [-0.05, 0) is 44.6 Å². The third-order valence-electron chi connectivity index (χ3n) is 4.86. The Bertz CT molecular complexity index is 243. The van der Waals surface area contributed by atoms with Crippen LogP contribution in [-0.2, 0) is 4.74 Å². The van der Waals surface area contributed by atoms with Gasteiger partial charge in [0.25, 0.3) is 0 Å². The molecule has 2 aliphatic carbocycles. The zero-order valence-electron chi connectivity index (χ0n) is 13.0. The summed E-state index contributed by atoms with van der Waals surface area (Å²) in [6.07, 6.45) is 14.3. The van der Waals surface area contributed by atoms with Crippen molar-refractivity contribution in [2.75, 3.05) is 6.54 Å². The van der Waals surface area contributed by atoms with Crippen molar-refractivity contribution in [3.63, 3.8) is 0 Å². The molecule has 0 aromatic heterocycles. The van der Waals surface area contributed by atoms with E-state index in [2.05, 4.69) is 19.2 Å². The molecule has 4 atom stereocenters. The minimum absolute atomic E-state index is 0.476. The lowest BCUT2D eigenvalue weighted by Crippen LogP contribution is -2.43. The number of rotatable bonds is 5. The minimum atomic E-state index is 0.476. The van der Waals surface area contributed by atoms with Crippen LogP contribution < -0.4 is 5.32 Å². The molecule has 0 saturated heterocycles. The van der Waals surface area contributed by atoms with E-state index in [4.69, 9.17) is 4.74 Å². The van der Waals surface area contributed by atoms with E-state index < -0.39 is 0 Å². The topological polar surface area (TPSA) is 21.3 Å². The molecule has 4 unspecified atom stereocenters. The summed E-state index contributed by atoms with van der Waals surface area (Å²) < 4.78 is 6.53.